The van der Waals surface area contributed by atoms with E-state index in [9.17, 15) is 0 Å². The van der Waals surface area contributed by atoms with Crippen molar-refractivity contribution in [3.63, 3.8) is 0 Å². The van der Waals surface area contributed by atoms with Gasteiger partial charge in [0.1, 0.15) is 0 Å². The predicted octanol–water partition coefficient (Wildman–Crippen LogP) is 9.75. The molecule has 0 bridgehead atoms. The highest BCUT2D eigenvalue weighted by Gasteiger charge is 2.25. The zero-order valence-corrected chi connectivity index (χ0v) is 23.3. The Balaban J connectivity index is 2.19. The van der Waals surface area contributed by atoms with Crippen molar-refractivity contribution in [2.75, 3.05) is 0 Å². The van der Waals surface area contributed by atoms with Crippen LogP contribution >= 0.6 is 0 Å². The fourth-order valence-electron chi connectivity index (χ4n) is 4.36. The Labute approximate surface area is 204 Å². The lowest BCUT2D eigenvalue weighted by atomic mass is 9.77. The van der Waals surface area contributed by atoms with Crippen LogP contribution in [0.5, 0.6) is 0 Å². The first-order valence-corrected chi connectivity index (χ1v) is 12.6. The maximum atomic E-state index is 2.43. The zero-order chi connectivity index (χ0) is 25.0. The molecule has 0 nitrogen and oxygen atoms in total. The van der Waals surface area contributed by atoms with Crippen LogP contribution < -0.4 is 0 Å². The molecule has 3 rings (SSSR count). The standard InChI is InChI=1S/C33H46/c1-30(2,3)24-16-22(17-25(20-24)31(4,5)6)28-14-13-15-29(28)23-18-26(32(7,8)9)21-27(19-23)33(10,11)12/h14-21H,13H2,1-12H3. The summed E-state index contributed by atoms with van der Waals surface area (Å²) in [5.41, 5.74) is 11.6. The van der Waals surface area contributed by atoms with Gasteiger partial charge in [0, 0.05) is 0 Å². The van der Waals surface area contributed by atoms with Crippen LogP contribution in [0.2, 0.25) is 0 Å². The van der Waals surface area contributed by atoms with E-state index < -0.39 is 0 Å². The molecular formula is C33H46. The van der Waals surface area contributed by atoms with E-state index >= 15 is 0 Å². The average Bonchev–Trinajstić information content (AvgIpc) is 3.14. The minimum atomic E-state index is 0.116. The molecule has 0 amide bonds. The number of benzene rings is 2. The van der Waals surface area contributed by atoms with Gasteiger partial charge in [-0.05, 0) is 72.6 Å². The van der Waals surface area contributed by atoms with E-state index in [-0.39, 0.29) is 21.7 Å². The molecule has 0 unspecified atom stereocenters. The molecule has 2 aromatic rings. The van der Waals surface area contributed by atoms with Crippen LogP contribution in [0.25, 0.3) is 11.1 Å². The van der Waals surface area contributed by atoms with E-state index in [1.807, 2.05) is 0 Å². The van der Waals surface area contributed by atoms with Gasteiger partial charge in [0.05, 0.1) is 0 Å². The molecule has 0 aromatic heterocycles. The second-order valence-electron chi connectivity index (χ2n) is 14.1. The van der Waals surface area contributed by atoms with Crippen molar-refractivity contribution in [1.29, 1.82) is 0 Å². The Morgan fingerprint density at radius 3 is 0.848 bits per heavy atom. The topological polar surface area (TPSA) is 0 Å². The van der Waals surface area contributed by atoms with E-state index in [0.29, 0.717) is 0 Å². The monoisotopic (exact) mass is 442 g/mol. The smallest absolute Gasteiger partial charge is 0.0132 e. The third-order valence-electron chi connectivity index (χ3n) is 6.89. The predicted molar refractivity (Wildman–Crippen MR) is 148 cm³/mol. The van der Waals surface area contributed by atoms with Gasteiger partial charge in [0.15, 0.2) is 0 Å². The summed E-state index contributed by atoms with van der Waals surface area (Å²) in [7, 11) is 0. The molecular weight excluding hydrogens is 396 g/mol. The van der Waals surface area contributed by atoms with E-state index in [2.05, 4.69) is 132 Å². The van der Waals surface area contributed by atoms with Crippen molar-refractivity contribution in [2.24, 2.45) is 0 Å². The molecule has 0 saturated heterocycles. The second-order valence-corrected chi connectivity index (χ2v) is 14.1. The van der Waals surface area contributed by atoms with Crippen molar-refractivity contribution in [1.82, 2.24) is 0 Å². The van der Waals surface area contributed by atoms with Gasteiger partial charge in [-0.15, -0.1) is 0 Å². The highest BCUT2D eigenvalue weighted by atomic mass is 14.3. The van der Waals surface area contributed by atoms with Gasteiger partial charge in [0.2, 0.25) is 0 Å². The summed E-state index contributed by atoms with van der Waals surface area (Å²) in [6.45, 7) is 27.8. The van der Waals surface area contributed by atoms with Crippen LogP contribution in [0, 0.1) is 0 Å². The quantitative estimate of drug-likeness (QED) is 0.434. The van der Waals surface area contributed by atoms with Crippen molar-refractivity contribution >= 4 is 11.1 Å². The van der Waals surface area contributed by atoms with E-state index in [4.69, 9.17) is 0 Å². The van der Waals surface area contributed by atoms with Crippen LogP contribution in [0.15, 0.2) is 48.6 Å². The third-order valence-corrected chi connectivity index (χ3v) is 6.89. The molecule has 0 radical (unpaired) electrons. The molecule has 1 aliphatic rings. The first kappa shape index (κ1) is 25.5. The summed E-state index contributed by atoms with van der Waals surface area (Å²) in [5.74, 6) is 0. The van der Waals surface area contributed by atoms with Gasteiger partial charge in [-0.3, -0.25) is 0 Å². The van der Waals surface area contributed by atoms with Crippen LogP contribution in [-0.4, -0.2) is 0 Å². The number of hydrogen-bond donors (Lipinski definition) is 0. The first-order chi connectivity index (χ1) is 14.9. The molecule has 0 heteroatoms. The summed E-state index contributed by atoms with van der Waals surface area (Å²) in [6.07, 6.45) is 5.84. The van der Waals surface area contributed by atoms with Crippen LogP contribution in [-0.2, 0) is 21.7 Å². The Morgan fingerprint density at radius 2 is 0.636 bits per heavy atom. The van der Waals surface area contributed by atoms with E-state index in [1.165, 1.54) is 44.5 Å². The van der Waals surface area contributed by atoms with Crippen LogP contribution in [0.3, 0.4) is 0 Å². The molecule has 2 aromatic carbocycles. The van der Waals surface area contributed by atoms with Gasteiger partial charge in [-0.2, -0.15) is 0 Å². The van der Waals surface area contributed by atoms with Crippen molar-refractivity contribution in [3.05, 3.63) is 81.9 Å². The summed E-state index contributed by atoms with van der Waals surface area (Å²) in [5, 5.41) is 0. The minimum Gasteiger partial charge on any atom is -0.0722 e. The maximum Gasteiger partial charge on any atom is -0.0132 e. The molecule has 0 saturated carbocycles. The Bertz CT molecular complexity index is 937. The highest BCUT2D eigenvalue weighted by molar-refractivity contribution is 6.07. The van der Waals surface area contributed by atoms with Gasteiger partial charge in [-0.25, -0.2) is 0 Å². The number of hydrogen-bond acceptors (Lipinski definition) is 0. The minimum absolute atomic E-state index is 0.116. The SMILES string of the molecule is CC(C)(C)c1cc(C2=CCC=C2c2cc(C(C)(C)C)cc(C(C)(C)C)c2)cc(C(C)(C)C)c1. The summed E-state index contributed by atoms with van der Waals surface area (Å²) >= 11 is 0. The van der Waals surface area contributed by atoms with Crippen molar-refractivity contribution < 1.29 is 0 Å². The fraction of sp³-hybridized carbons (Fsp3) is 0.515. The van der Waals surface area contributed by atoms with Gasteiger partial charge >= 0.3 is 0 Å². The maximum absolute atomic E-state index is 2.43. The Morgan fingerprint density at radius 1 is 0.394 bits per heavy atom. The lowest BCUT2D eigenvalue weighted by Crippen LogP contribution is -2.17. The average molecular weight is 443 g/mol. The molecule has 0 atom stereocenters. The molecule has 33 heavy (non-hydrogen) atoms. The highest BCUT2D eigenvalue weighted by Crippen LogP contribution is 2.42. The van der Waals surface area contributed by atoms with Crippen molar-refractivity contribution in [2.45, 2.75) is 111 Å². The summed E-state index contributed by atoms with van der Waals surface area (Å²) in [4.78, 5) is 0. The number of rotatable bonds is 2. The van der Waals surface area contributed by atoms with Crippen molar-refractivity contribution in [3.8, 4) is 0 Å². The largest absolute Gasteiger partial charge is 0.0722 e. The number of allylic oxidation sites excluding steroid dienone is 4. The molecule has 178 valence electrons. The lowest BCUT2D eigenvalue weighted by molar-refractivity contribution is 0.567. The molecule has 1 aliphatic carbocycles. The summed E-state index contributed by atoms with van der Waals surface area (Å²) < 4.78 is 0. The van der Waals surface area contributed by atoms with Gasteiger partial charge in [0.25, 0.3) is 0 Å². The third kappa shape index (κ3) is 5.71. The molecule has 0 N–H and O–H groups in total. The molecule has 0 aliphatic heterocycles. The summed E-state index contributed by atoms with van der Waals surface area (Å²) in [6, 6.07) is 14.6. The molecule has 0 spiro atoms. The van der Waals surface area contributed by atoms with Gasteiger partial charge < -0.3 is 0 Å². The second kappa shape index (κ2) is 8.30. The fourth-order valence-corrected chi connectivity index (χ4v) is 4.36. The zero-order valence-electron chi connectivity index (χ0n) is 23.3. The first-order valence-electron chi connectivity index (χ1n) is 12.6. The van der Waals surface area contributed by atoms with Crippen LogP contribution in [0.1, 0.15) is 123 Å². The Kier molecular flexibility index (Phi) is 6.42. The van der Waals surface area contributed by atoms with E-state index in [1.54, 1.807) is 0 Å². The molecule has 0 fully saturated rings. The van der Waals surface area contributed by atoms with Gasteiger partial charge in [-0.1, -0.05) is 132 Å². The lowest BCUT2D eigenvalue weighted by Gasteiger charge is -2.28. The normalized spacial score (nSPS) is 15.5. The molecule has 0 heterocycles. The Hall–Kier alpha value is -2.08. The van der Waals surface area contributed by atoms with Crippen LogP contribution in [0.4, 0.5) is 0 Å². The van der Waals surface area contributed by atoms with E-state index in [0.717, 1.165) is 6.42 Å².